The third kappa shape index (κ3) is 4.47. The van der Waals surface area contributed by atoms with Gasteiger partial charge in [-0.25, -0.2) is 9.97 Å². The third-order valence-electron chi connectivity index (χ3n) is 6.76. The van der Waals surface area contributed by atoms with Crippen molar-refractivity contribution < 1.29 is 22.7 Å². The highest BCUT2D eigenvalue weighted by Gasteiger charge is 2.51. The fraction of sp³-hybridized carbons (Fsp3) is 0.500. The highest BCUT2D eigenvalue weighted by atomic mass is 32.1. The summed E-state index contributed by atoms with van der Waals surface area (Å²) in [5.74, 6) is -1.17. The molecule has 35 heavy (non-hydrogen) atoms. The Morgan fingerprint density at radius 2 is 1.97 bits per heavy atom. The molecule has 1 atom stereocenters. The number of anilines is 1. The van der Waals surface area contributed by atoms with E-state index >= 15 is 0 Å². The number of alkyl halides is 3. The van der Waals surface area contributed by atoms with Crippen molar-refractivity contribution in [1.82, 2.24) is 14.5 Å². The van der Waals surface area contributed by atoms with Gasteiger partial charge in [-0.05, 0) is 37.7 Å². The molecule has 2 aromatic heterocycles. The van der Waals surface area contributed by atoms with Crippen LogP contribution in [0.3, 0.4) is 0 Å². The Hall–Kier alpha value is -2.79. The van der Waals surface area contributed by atoms with E-state index in [-0.39, 0.29) is 22.7 Å². The molecule has 0 unspecified atom stereocenters. The zero-order valence-electron chi connectivity index (χ0n) is 19.2. The number of aryl methyl sites for hydroxylation is 1. The summed E-state index contributed by atoms with van der Waals surface area (Å²) in [5.41, 5.74) is -0.890. The first kappa shape index (κ1) is 23.9. The molecular formula is C24H25F3N4O3S. The SMILES string of the molecule is COCC1(n2c(C(F)(F)F)nc3sc(N4CCC[C@@H]4C(=O)CCc4ccccc4)nc3c2=O)CC1. The van der Waals surface area contributed by atoms with Gasteiger partial charge in [-0.15, -0.1) is 0 Å². The Bertz CT molecular complexity index is 1300. The first-order valence-electron chi connectivity index (χ1n) is 11.6. The van der Waals surface area contributed by atoms with Crippen molar-refractivity contribution >= 4 is 32.6 Å². The molecular weight excluding hydrogens is 481 g/mol. The van der Waals surface area contributed by atoms with Crippen LogP contribution >= 0.6 is 11.3 Å². The lowest BCUT2D eigenvalue weighted by Crippen LogP contribution is -2.39. The number of ketones is 1. The molecule has 2 aliphatic rings. The van der Waals surface area contributed by atoms with Crippen LogP contribution in [0, 0.1) is 0 Å². The van der Waals surface area contributed by atoms with Crippen LogP contribution in [0.2, 0.25) is 0 Å². The second-order valence-corrected chi connectivity index (χ2v) is 10.1. The highest BCUT2D eigenvalue weighted by molar-refractivity contribution is 7.21. The number of rotatable bonds is 8. The highest BCUT2D eigenvalue weighted by Crippen LogP contribution is 2.46. The van der Waals surface area contributed by atoms with Gasteiger partial charge in [0.25, 0.3) is 5.56 Å². The minimum atomic E-state index is -4.80. The minimum absolute atomic E-state index is 0.00964. The number of Topliss-reactive ketones (excluding diaryl/α,β-unsaturated/α-hetero) is 1. The maximum atomic E-state index is 13.9. The number of benzene rings is 1. The van der Waals surface area contributed by atoms with Gasteiger partial charge in [0.2, 0.25) is 5.82 Å². The fourth-order valence-electron chi connectivity index (χ4n) is 4.87. The zero-order chi connectivity index (χ0) is 24.8. The van der Waals surface area contributed by atoms with Gasteiger partial charge in [0.15, 0.2) is 21.3 Å². The molecule has 11 heteroatoms. The van der Waals surface area contributed by atoms with Crippen molar-refractivity contribution in [1.29, 1.82) is 0 Å². The lowest BCUT2D eigenvalue weighted by Gasteiger charge is -2.22. The van der Waals surface area contributed by atoms with Gasteiger partial charge in [-0.3, -0.25) is 14.2 Å². The number of ether oxygens (including phenoxy) is 1. The summed E-state index contributed by atoms with van der Waals surface area (Å²) in [6.07, 6.45) is -1.61. The number of fused-ring (bicyclic) bond motifs is 1. The zero-order valence-corrected chi connectivity index (χ0v) is 20.0. The van der Waals surface area contributed by atoms with E-state index < -0.39 is 29.1 Å². The summed E-state index contributed by atoms with van der Waals surface area (Å²) < 4.78 is 47.6. The quantitative estimate of drug-likeness (QED) is 0.456. The normalized spacial score (nSPS) is 19.4. The van der Waals surface area contributed by atoms with E-state index in [0.29, 0.717) is 43.8 Å². The van der Waals surface area contributed by atoms with Crippen LogP contribution in [-0.4, -0.2) is 46.6 Å². The van der Waals surface area contributed by atoms with Crippen molar-refractivity contribution in [3.05, 3.63) is 52.1 Å². The van der Waals surface area contributed by atoms with Crippen molar-refractivity contribution in [3.8, 4) is 0 Å². The summed E-state index contributed by atoms with van der Waals surface area (Å²) in [7, 11) is 1.40. The number of halogens is 3. The smallest absolute Gasteiger partial charge is 0.382 e. The molecule has 1 aromatic carbocycles. The van der Waals surface area contributed by atoms with Crippen molar-refractivity contribution in [2.24, 2.45) is 0 Å². The fourth-order valence-corrected chi connectivity index (χ4v) is 5.88. The topological polar surface area (TPSA) is 77.3 Å². The van der Waals surface area contributed by atoms with Crippen LogP contribution in [0.15, 0.2) is 35.1 Å². The number of nitrogens with zero attached hydrogens (tertiary/aromatic N) is 4. The lowest BCUT2D eigenvalue weighted by atomic mass is 10.0. The van der Waals surface area contributed by atoms with E-state index in [1.807, 2.05) is 35.2 Å². The maximum Gasteiger partial charge on any atom is 0.449 e. The van der Waals surface area contributed by atoms with Crippen LogP contribution in [-0.2, 0) is 27.7 Å². The van der Waals surface area contributed by atoms with Crippen molar-refractivity contribution in [3.63, 3.8) is 0 Å². The van der Waals surface area contributed by atoms with E-state index in [1.54, 1.807) is 0 Å². The van der Waals surface area contributed by atoms with Gasteiger partial charge in [-0.2, -0.15) is 13.2 Å². The number of thiazole rings is 1. The number of hydrogen-bond donors (Lipinski definition) is 0. The van der Waals surface area contributed by atoms with E-state index in [0.717, 1.165) is 27.9 Å². The predicted octanol–water partition coefficient (Wildman–Crippen LogP) is 4.18. The van der Waals surface area contributed by atoms with E-state index in [9.17, 15) is 22.8 Å². The maximum absolute atomic E-state index is 13.9. The average Bonchev–Trinajstić information content (AvgIpc) is 3.23. The first-order valence-corrected chi connectivity index (χ1v) is 12.4. The molecule has 2 fully saturated rings. The summed E-state index contributed by atoms with van der Waals surface area (Å²) in [5, 5.41) is 0.364. The number of aromatic nitrogens is 3. The van der Waals surface area contributed by atoms with Crippen LogP contribution in [0.1, 0.15) is 43.5 Å². The van der Waals surface area contributed by atoms with Crippen LogP contribution in [0.4, 0.5) is 18.3 Å². The third-order valence-corrected chi connectivity index (χ3v) is 7.75. The summed E-state index contributed by atoms with van der Waals surface area (Å²) in [6, 6.07) is 9.30. The largest absolute Gasteiger partial charge is 0.449 e. The van der Waals surface area contributed by atoms with Crippen LogP contribution in [0.5, 0.6) is 0 Å². The average molecular weight is 507 g/mol. The van der Waals surface area contributed by atoms with Gasteiger partial charge in [0.1, 0.15) is 0 Å². The molecule has 0 amide bonds. The lowest BCUT2D eigenvalue weighted by molar-refractivity contribution is -0.149. The summed E-state index contributed by atoms with van der Waals surface area (Å²) in [4.78, 5) is 36.3. The van der Waals surface area contributed by atoms with Crippen LogP contribution in [0.25, 0.3) is 10.3 Å². The molecule has 0 N–H and O–H groups in total. The van der Waals surface area contributed by atoms with Gasteiger partial charge in [0.05, 0.1) is 18.2 Å². The molecule has 186 valence electrons. The van der Waals surface area contributed by atoms with E-state index in [1.165, 1.54) is 7.11 Å². The monoisotopic (exact) mass is 506 g/mol. The Morgan fingerprint density at radius 1 is 1.23 bits per heavy atom. The van der Waals surface area contributed by atoms with Gasteiger partial charge in [-0.1, -0.05) is 41.7 Å². The Balaban J connectivity index is 1.47. The Morgan fingerprint density at radius 3 is 2.63 bits per heavy atom. The number of methoxy groups -OCH3 is 1. The first-order chi connectivity index (χ1) is 16.7. The molecule has 7 nitrogen and oxygen atoms in total. The van der Waals surface area contributed by atoms with Crippen molar-refractivity contribution in [2.45, 2.75) is 56.3 Å². The minimum Gasteiger partial charge on any atom is -0.382 e. The summed E-state index contributed by atoms with van der Waals surface area (Å²) >= 11 is 0.935. The molecule has 0 spiro atoms. The molecule has 1 saturated carbocycles. The van der Waals surface area contributed by atoms with Gasteiger partial charge in [0, 0.05) is 20.1 Å². The second-order valence-electron chi connectivity index (χ2n) is 9.18. The molecule has 0 bridgehead atoms. The van der Waals surface area contributed by atoms with Crippen molar-refractivity contribution in [2.75, 3.05) is 25.2 Å². The number of hydrogen-bond acceptors (Lipinski definition) is 7. The molecule has 1 aliphatic heterocycles. The predicted molar refractivity (Wildman–Crippen MR) is 126 cm³/mol. The van der Waals surface area contributed by atoms with Gasteiger partial charge >= 0.3 is 6.18 Å². The molecule has 3 heterocycles. The Kier molecular flexibility index (Phi) is 6.16. The number of carbonyl (C=O) groups excluding carboxylic acids is 1. The molecule has 1 aliphatic carbocycles. The van der Waals surface area contributed by atoms with E-state index in [4.69, 9.17) is 4.74 Å². The molecule has 1 saturated heterocycles. The number of carbonyl (C=O) groups is 1. The standard InChI is InChI=1S/C24H25F3N4O3S/c1-34-14-23(11-12-23)31-20(33)18-19(29-21(31)24(25,26)27)35-22(28-18)30-13-5-8-16(30)17(32)10-9-15-6-3-2-4-7-15/h2-4,6-7,16H,5,8-14H2,1H3/t16-/m1/s1. The molecule has 5 rings (SSSR count). The molecule has 3 aromatic rings. The Labute approximate surface area is 203 Å². The van der Waals surface area contributed by atoms with Crippen LogP contribution < -0.4 is 10.5 Å². The molecule has 0 radical (unpaired) electrons. The summed E-state index contributed by atoms with van der Waals surface area (Å²) in [6.45, 7) is 0.541. The van der Waals surface area contributed by atoms with Gasteiger partial charge < -0.3 is 9.64 Å². The second kappa shape index (κ2) is 9.02. The van der Waals surface area contributed by atoms with E-state index in [2.05, 4.69) is 9.97 Å².